The third-order valence-electron chi connectivity index (χ3n) is 7.89. The molecule has 13 heteroatoms. The summed E-state index contributed by atoms with van der Waals surface area (Å²) in [7, 11) is -6.01. The molecule has 0 aliphatic carbocycles. The van der Waals surface area contributed by atoms with Crippen LogP contribution >= 0.6 is 15.9 Å². The molecule has 2 aromatic carbocycles. The van der Waals surface area contributed by atoms with Crippen LogP contribution in [-0.4, -0.2) is 77.4 Å². The van der Waals surface area contributed by atoms with Gasteiger partial charge in [-0.25, -0.2) is 4.79 Å². The lowest BCUT2D eigenvalue weighted by Crippen LogP contribution is -2.58. The van der Waals surface area contributed by atoms with Gasteiger partial charge in [-0.15, -0.1) is 0 Å². The first-order chi connectivity index (χ1) is 20.7. The van der Waals surface area contributed by atoms with Crippen molar-refractivity contribution in [3.05, 3.63) is 63.6 Å². The largest absolute Gasteiger partial charge is 0.490 e. The van der Waals surface area contributed by atoms with Gasteiger partial charge in [-0.2, -0.15) is 8.42 Å². The Morgan fingerprint density at radius 2 is 1.69 bits per heavy atom. The molecule has 1 aliphatic rings. The van der Waals surface area contributed by atoms with Crippen molar-refractivity contribution in [2.24, 2.45) is 0 Å². The number of hydrogen-bond donors (Lipinski definition) is 1. The van der Waals surface area contributed by atoms with Gasteiger partial charge in [0.15, 0.2) is 8.32 Å². The summed E-state index contributed by atoms with van der Waals surface area (Å²) in [5.74, 6) is -0.131. The first kappa shape index (κ1) is 37.0. The number of benzene rings is 2. The highest BCUT2D eigenvalue weighted by Crippen LogP contribution is 2.39. The van der Waals surface area contributed by atoms with Crippen LogP contribution in [0, 0.1) is 0 Å². The highest BCUT2D eigenvalue weighted by molar-refractivity contribution is 9.10. The zero-order valence-electron chi connectivity index (χ0n) is 27.7. The summed E-state index contributed by atoms with van der Waals surface area (Å²) in [5, 5.41) is 2.91. The molecule has 250 valence electrons. The maximum Gasteiger partial charge on any atom is 0.410 e. The van der Waals surface area contributed by atoms with Crippen molar-refractivity contribution in [3.63, 3.8) is 0 Å². The molecule has 1 N–H and O–H groups in total. The van der Waals surface area contributed by atoms with Gasteiger partial charge in [0.1, 0.15) is 24.6 Å². The Kier molecular flexibility index (Phi) is 12.0. The van der Waals surface area contributed by atoms with Crippen molar-refractivity contribution < 1.29 is 36.1 Å². The minimum absolute atomic E-state index is 0.0761. The Labute approximate surface area is 277 Å². The van der Waals surface area contributed by atoms with Crippen molar-refractivity contribution in [2.45, 2.75) is 90.4 Å². The van der Waals surface area contributed by atoms with Crippen LogP contribution < -0.4 is 10.1 Å². The molecular formula is C32H47BrN2O8SSi. The normalized spacial score (nSPS) is 16.5. The molecule has 1 heterocycles. The zero-order chi connectivity index (χ0) is 33.8. The lowest BCUT2D eigenvalue weighted by atomic mass is 9.91. The lowest BCUT2D eigenvalue weighted by Gasteiger charge is -2.46. The number of carbonyl (C=O) groups is 2. The molecule has 10 nitrogen and oxygen atoms in total. The summed E-state index contributed by atoms with van der Waals surface area (Å²) in [4.78, 5) is 29.0. The molecule has 2 aromatic rings. The smallest absolute Gasteiger partial charge is 0.410 e. The van der Waals surface area contributed by atoms with E-state index in [1.165, 1.54) is 0 Å². The average Bonchev–Trinajstić information content (AvgIpc) is 2.90. The van der Waals surface area contributed by atoms with E-state index in [2.05, 4.69) is 61.2 Å². The number of halogens is 1. The molecular weight excluding hydrogens is 680 g/mol. The molecule has 2 amide bonds. The van der Waals surface area contributed by atoms with Crippen molar-refractivity contribution in [1.82, 2.24) is 10.2 Å². The Balaban J connectivity index is 1.93. The van der Waals surface area contributed by atoms with Crippen molar-refractivity contribution >= 4 is 46.4 Å². The first-order valence-corrected chi connectivity index (χ1v) is 20.5. The summed E-state index contributed by atoms with van der Waals surface area (Å²) < 4.78 is 46.7. The van der Waals surface area contributed by atoms with Crippen molar-refractivity contribution in [3.8, 4) is 5.75 Å². The number of nitrogens with zero attached hydrogens (tertiary/aromatic N) is 1. The van der Waals surface area contributed by atoms with E-state index in [1.807, 2.05) is 39.0 Å². The fourth-order valence-corrected chi connectivity index (χ4v) is 6.70. The molecule has 0 spiro atoms. The quantitative estimate of drug-likeness (QED) is 0.163. The van der Waals surface area contributed by atoms with Gasteiger partial charge in [0, 0.05) is 17.6 Å². The van der Waals surface area contributed by atoms with Crippen LogP contribution in [0.15, 0.2) is 46.9 Å². The van der Waals surface area contributed by atoms with Gasteiger partial charge < -0.3 is 19.2 Å². The van der Waals surface area contributed by atoms with Crippen LogP contribution in [0.4, 0.5) is 4.79 Å². The summed E-state index contributed by atoms with van der Waals surface area (Å²) in [6, 6.07) is 12.6. The standard InChI is InChI=1S/C32H47BrN2O8SSi/c1-31(2,3)42-30(37)35-21-23-13-11-10-12-22(23)18-26(35)28(43-45(8,9)32(4,5)6)20-34-29(36)25-15-14-24(33)19-27(25)40-16-17-41-44(7,38)39/h10-15,19,26,28H,16-18,20-21H2,1-9H3,(H,34,36)/t26-,28?/m0/s1. The van der Waals surface area contributed by atoms with Gasteiger partial charge in [-0.1, -0.05) is 61.0 Å². The van der Waals surface area contributed by atoms with Gasteiger partial charge >= 0.3 is 6.09 Å². The van der Waals surface area contributed by atoms with Gasteiger partial charge in [-0.3, -0.25) is 13.9 Å². The number of rotatable bonds is 11. The van der Waals surface area contributed by atoms with E-state index in [0.717, 1.165) is 17.4 Å². The van der Waals surface area contributed by atoms with Crippen molar-refractivity contribution in [2.75, 3.05) is 26.0 Å². The molecule has 0 radical (unpaired) electrons. The van der Waals surface area contributed by atoms with E-state index < -0.39 is 48.2 Å². The predicted molar refractivity (Wildman–Crippen MR) is 181 cm³/mol. The third-order valence-corrected chi connectivity index (χ3v) is 13.5. The maximum atomic E-state index is 13.6. The monoisotopic (exact) mass is 726 g/mol. The van der Waals surface area contributed by atoms with Crippen LogP contribution in [-0.2, 0) is 36.4 Å². The number of nitrogens with one attached hydrogen (secondary N) is 1. The Bertz CT molecular complexity index is 1470. The fraction of sp³-hybridized carbons (Fsp3) is 0.562. The van der Waals surface area contributed by atoms with Crippen LogP contribution in [0.25, 0.3) is 0 Å². The van der Waals surface area contributed by atoms with Crippen LogP contribution in [0.1, 0.15) is 63.0 Å². The highest BCUT2D eigenvalue weighted by Gasteiger charge is 2.44. The van der Waals surface area contributed by atoms with Crippen LogP contribution in [0.2, 0.25) is 18.1 Å². The lowest BCUT2D eigenvalue weighted by molar-refractivity contribution is -0.00881. The van der Waals surface area contributed by atoms with Crippen LogP contribution in [0.3, 0.4) is 0 Å². The number of amides is 2. The second-order valence-corrected chi connectivity index (χ2v) is 21.1. The SMILES string of the molecule is CC(C)(C)OC(=O)N1Cc2ccccc2C[C@H]1C(CNC(=O)c1ccc(Br)cc1OCCOS(C)(=O)=O)O[Si](C)(C)C(C)(C)C. The second-order valence-electron chi connectivity index (χ2n) is 13.8. The summed E-state index contributed by atoms with van der Waals surface area (Å²) in [5.41, 5.74) is 1.75. The summed E-state index contributed by atoms with van der Waals surface area (Å²) >= 11 is 3.40. The Morgan fingerprint density at radius 1 is 1.04 bits per heavy atom. The molecule has 0 saturated heterocycles. The molecule has 0 bridgehead atoms. The molecule has 0 fully saturated rings. The minimum Gasteiger partial charge on any atom is -0.490 e. The fourth-order valence-electron chi connectivity index (χ4n) is 4.64. The third kappa shape index (κ3) is 10.8. The molecule has 1 aliphatic heterocycles. The van der Waals surface area contributed by atoms with E-state index in [0.29, 0.717) is 17.4 Å². The summed E-state index contributed by atoms with van der Waals surface area (Å²) in [6.45, 7) is 16.5. The van der Waals surface area contributed by atoms with E-state index in [9.17, 15) is 18.0 Å². The number of hydrogen-bond acceptors (Lipinski definition) is 8. The van der Waals surface area contributed by atoms with E-state index in [4.69, 9.17) is 18.1 Å². The van der Waals surface area contributed by atoms with Gasteiger partial charge in [-0.05, 0) is 74.7 Å². The summed E-state index contributed by atoms with van der Waals surface area (Å²) in [6.07, 6.45) is 0.524. The second kappa shape index (κ2) is 14.5. The number of ether oxygens (including phenoxy) is 2. The molecule has 0 saturated carbocycles. The maximum absolute atomic E-state index is 13.6. The first-order valence-electron chi connectivity index (χ1n) is 15.0. The Hall–Kier alpha value is -2.45. The predicted octanol–water partition coefficient (Wildman–Crippen LogP) is 6.29. The highest BCUT2D eigenvalue weighted by atomic mass is 79.9. The van der Waals surface area contributed by atoms with E-state index in [-0.39, 0.29) is 36.1 Å². The molecule has 0 aromatic heterocycles. The topological polar surface area (TPSA) is 120 Å². The van der Waals surface area contributed by atoms with Gasteiger partial charge in [0.05, 0.1) is 24.0 Å². The zero-order valence-corrected chi connectivity index (χ0v) is 31.1. The minimum atomic E-state index is -3.62. The Morgan fingerprint density at radius 3 is 2.29 bits per heavy atom. The van der Waals surface area contributed by atoms with Crippen LogP contribution in [0.5, 0.6) is 5.75 Å². The average molecular weight is 728 g/mol. The van der Waals surface area contributed by atoms with Gasteiger partial charge in [0.25, 0.3) is 16.0 Å². The number of fused-ring (bicyclic) bond motifs is 1. The molecule has 1 unspecified atom stereocenters. The van der Waals surface area contributed by atoms with E-state index in [1.54, 1.807) is 23.1 Å². The number of carbonyl (C=O) groups excluding carboxylic acids is 2. The van der Waals surface area contributed by atoms with Crippen molar-refractivity contribution in [1.29, 1.82) is 0 Å². The molecule has 3 rings (SSSR count). The molecule has 2 atom stereocenters. The molecule has 45 heavy (non-hydrogen) atoms. The van der Waals surface area contributed by atoms with Gasteiger partial charge in [0.2, 0.25) is 0 Å². The van der Waals surface area contributed by atoms with E-state index >= 15 is 0 Å².